The van der Waals surface area contributed by atoms with E-state index in [1.807, 2.05) is 0 Å². The van der Waals surface area contributed by atoms with Crippen molar-refractivity contribution in [1.82, 2.24) is 9.78 Å². The van der Waals surface area contributed by atoms with Gasteiger partial charge in [0.05, 0.1) is 6.20 Å². The van der Waals surface area contributed by atoms with E-state index in [0.717, 1.165) is 0 Å². The second kappa shape index (κ2) is 4.25. The van der Waals surface area contributed by atoms with Crippen LogP contribution in [0.4, 0.5) is 0 Å². The molecule has 0 amide bonds. The third kappa shape index (κ3) is 2.51. The van der Waals surface area contributed by atoms with Crippen molar-refractivity contribution in [3.8, 4) is 0 Å². The van der Waals surface area contributed by atoms with E-state index >= 15 is 0 Å². The first-order chi connectivity index (χ1) is 4.20. The number of hydrogen-bond donors (Lipinski definition) is 1. The van der Waals surface area contributed by atoms with Gasteiger partial charge >= 0.3 is 29.6 Å². The van der Waals surface area contributed by atoms with Crippen LogP contribution in [0.3, 0.4) is 0 Å². The van der Waals surface area contributed by atoms with E-state index in [4.69, 9.17) is 4.55 Å². The first-order valence-corrected chi connectivity index (χ1v) is 3.40. The summed E-state index contributed by atoms with van der Waals surface area (Å²) in [6, 6.07) is 0. The zero-order chi connectivity index (χ0) is 6.85. The van der Waals surface area contributed by atoms with E-state index in [1.54, 1.807) is 7.05 Å². The van der Waals surface area contributed by atoms with Gasteiger partial charge in [-0.2, -0.15) is 5.10 Å². The fourth-order valence-corrected chi connectivity index (χ4v) is 0.869. The Labute approximate surface area is 83.2 Å². The third-order valence-electron chi connectivity index (χ3n) is 0.883. The van der Waals surface area contributed by atoms with Crippen molar-refractivity contribution < 1.29 is 8.76 Å². The second-order valence-corrected chi connectivity index (χ2v) is 2.57. The van der Waals surface area contributed by atoms with Crippen LogP contribution in [-0.2, 0) is 18.1 Å². The molecule has 0 aliphatic heterocycles. The molecule has 1 aromatic rings. The zero-order valence-electron chi connectivity index (χ0n) is 4.81. The van der Waals surface area contributed by atoms with Crippen LogP contribution in [0.1, 0.15) is 0 Å². The number of aromatic nitrogens is 2. The Balaban J connectivity index is 0.000000810. The Morgan fingerprint density at radius 3 is 2.60 bits per heavy atom. The Kier molecular flexibility index (Phi) is 4.39. The molecular formula is C4H7N2NaO2S. The van der Waals surface area contributed by atoms with E-state index in [2.05, 4.69) is 5.10 Å². The summed E-state index contributed by atoms with van der Waals surface area (Å²) in [6.45, 7) is 0. The summed E-state index contributed by atoms with van der Waals surface area (Å²) in [5.41, 5.74) is 0. The number of nitrogens with zero attached hydrogens (tertiary/aromatic N) is 2. The van der Waals surface area contributed by atoms with Crippen molar-refractivity contribution in [3.63, 3.8) is 0 Å². The third-order valence-corrected chi connectivity index (χ3v) is 1.50. The van der Waals surface area contributed by atoms with Crippen LogP contribution in [0.25, 0.3) is 0 Å². The average Bonchev–Trinajstić information content (AvgIpc) is 2.14. The van der Waals surface area contributed by atoms with Gasteiger partial charge in [-0.3, -0.25) is 4.68 Å². The van der Waals surface area contributed by atoms with Gasteiger partial charge in [-0.05, 0) is 0 Å². The molecule has 1 aromatic heterocycles. The van der Waals surface area contributed by atoms with Crippen molar-refractivity contribution in [2.24, 2.45) is 7.05 Å². The molecule has 1 heterocycles. The number of rotatable bonds is 1. The average molecular weight is 170 g/mol. The quantitative estimate of drug-likeness (QED) is 0.450. The van der Waals surface area contributed by atoms with Gasteiger partial charge in [0.15, 0.2) is 11.1 Å². The van der Waals surface area contributed by atoms with Crippen molar-refractivity contribution in [1.29, 1.82) is 0 Å². The van der Waals surface area contributed by atoms with Crippen LogP contribution in [0, 0.1) is 0 Å². The molecule has 1 rings (SSSR count). The van der Waals surface area contributed by atoms with E-state index < -0.39 is 11.1 Å². The van der Waals surface area contributed by atoms with Gasteiger partial charge in [0.1, 0.15) is 4.90 Å². The summed E-state index contributed by atoms with van der Waals surface area (Å²) in [4.78, 5) is 0.331. The van der Waals surface area contributed by atoms with Gasteiger partial charge in [0.2, 0.25) is 0 Å². The Morgan fingerprint density at radius 2 is 2.40 bits per heavy atom. The van der Waals surface area contributed by atoms with Crippen LogP contribution in [-0.4, -0.2) is 48.1 Å². The molecule has 0 aliphatic carbocycles. The van der Waals surface area contributed by atoms with E-state index in [-0.39, 0.29) is 29.6 Å². The SMILES string of the molecule is Cn1cc(S(=O)O)cn1.[NaH]. The van der Waals surface area contributed by atoms with Gasteiger partial charge < -0.3 is 4.55 Å². The standard InChI is InChI=1S/C4H6N2O2S.Na.H/c1-6-3-4(2-5-6)9(7)8;;/h2-3H,1H3,(H,7,8);;. The summed E-state index contributed by atoms with van der Waals surface area (Å²) in [6.07, 6.45) is 2.85. The van der Waals surface area contributed by atoms with Gasteiger partial charge in [-0.1, -0.05) is 0 Å². The molecule has 0 fully saturated rings. The molecule has 0 bridgehead atoms. The van der Waals surface area contributed by atoms with Crippen molar-refractivity contribution in [3.05, 3.63) is 12.4 Å². The molecule has 0 aliphatic rings. The summed E-state index contributed by atoms with van der Waals surface area (Å²) >= 11 is -1.89. The molecule has 1 unspecified atom stereocenters. The molecule has 0 saturated carbocycles. The summed E-state index contributed by atoms with van der Waals surface area (Å²) in [5, 5.41) is 3.70. The van der Waals surface area contributed by atoms with E-state index in [0.29, 0.717) is 4.90 Å². The normalized spacial score (nSPS) is 12.2. The maximum atomic E-state index is 10.3. The monoisotopic (exact) mass is 170 g/mol. The minimum absolute atomic E-state index is 0. The van der Waals surface area contributed by atoms with Crippen molar-refractivity contribution in [2.45, 2.75) is 4.90 Å². The van der Waals surface area contributed by atoms with Crippen LogP contribution < -0.4 is 0 Å². The van der Waals surface area contributed by atoms with E-state index in [1.165, 1.54) is 17.1 Å². The molecule has 0 spiro atoms. The minimum atomic E-state index is -1.89. The Hall–Kier alpha value is 0.320. The van der Waals surface area contributed by atoms with Crippen LogP contribution in [0.5, 0.6) is 0 Å². The van der Waals surface area contributed by atoms with Crippen molar-refractivity contribution >= 4 is 40.6 Å². The van der Waals surface area contributed by atoms with Crippen LogP contribution in [0.15, 0.2) is 17.3 Å². The zero-order valence-corrected chi connectivity index (χ0v) is 5.63. The molecular weight excluding hydrogens is 163 g/mol. The second-order valence-electron chi connectivity index (χ2n) is 1.60. The molecule has 0 radical (unpaired) electrons. The predicted octanol–water partition coefficient (Wildman–Crippen LogP) is -0.648. The van der Waals surface area contributed by atoms with Crippen LogP contribution >= 0.6 is 0 Å². The first-order valence-electron chi connectivity index (χ1n) is 2.29. The molecule has 0 aromatic carbocycles. The fraction of sp³-hybridized carbons (Fsp3) is 0.250. The summed E-state index contributed by atoms with van der Waals surface area (Å²) < 4.78 is 20.2. The van der Waals surface area contributed by atoms with Gasteiger partial charge in [0.25, 0.3) is 0 Å². The van der Waals surface area contributed by atoms with Gasteiger partial charge in [-0.15, -0.1) is 0 Å². The number of hydrogen-bond acceptors (Lipinski definition) is 2. The molecule has 52 valence electrons. The Morgan fingerprint density at radius 1 is 1.80 bits per heavy atom. The molecule has 0 saturated heterocycles. The molecule has 1 atom stereocenters. The maximum absolute atomic E-state index is 10.3. The number of aryl methyl sites for hydroxylation is 1. The van der Waals surface area contributed by atoms with Gasteiger partial charge in [0, 0.05) is 13.2 Å². The molecule has 4 nitrogen and oxygen atoms in total. The molecule has 10 heavy (non-hydrogen) atoms. The van der Waals surface area contributed by atoms with Gasteiger partial charge in [-0.25, -0.2) is 4.21 Å². The van der Waals surface area contributed by atoms with Crippen molar-refractivity contribution in [2.75, 3.05) is 0 Å². The fourth-order valence-electron chi connectivity index (χ4n) is 0.489. The summed E-state index contributed by atoms with van der Waals surface area (Å²) in [5.74, 6) is 0. The Bertz CT molecular complexity index is 237. The van der Waals surface area contributed by atoms with Crippen LogP contribution in [0.2, 0.25) is 0 Å². The molecule has 6 heteroatoms. The first kappa shape index (κ1) is 10.3. The summed E-state index contributed by atoms with van der Waals surface area (Å²) in [7, 11) is 1.69. The predicted molar refractivity (Wildman–Crippen MR) is 39.4 cm³/mol. The topological polar surface area (TPSA) is 55.1 Å². The van der Waals surface area contributed by atoms with E-state index in [9.17, 15) is 4.21 Å². The molecule has 1 N–H and O–H groups in total.